The van der Waals surface area contributed by atoms with E-state index in [1.807, 2.05) is 12.1 Å². The van der Waals surface area contributed by atoms with Gasteiger partial charge in [-0.05, 0) is 31.7 Å². The minimum Gasteiger partial charge on any atom is -0.486 e. The largest absolute Gasteiger partial charge is 0.486 e. The molecule has 0 saturated heterocycles. The zero-order valence-corrected chi connectivity index (χ0v) is 14.0. The van der Waals surface area contributed by atoms with Crippen LogP contribution in [0.15, 0.2) is 16.6 Å². The number of halogens is 1. The number of nitrogens with one attached hydrogen (secondary N) is 1. The van der Waals surface area contributed by atoms with Crippen molar-refractivity contribution in [2.75, 3.05) is 26.5 Å². The molecule has 1 aromatic rings. The van der Waals surface area contributed by atoms with E-state index >= 15 is 0 Å². The van der Waals surface area contributed by atoms with Crippen LogP contribution < -0.4 is 14.8 Å². The highest BCUT2D eigenvalue weighted by molar-refractivity contribution is 9.10. The van der Waals surface area contributed by atoms with Gasteiger partial charge >= 0.3 is 0 Å². The van der Waals surface area contributed by atoms with Crippen molar-refractivity contribution in [1.82, 2.24) is 5.32 Å². The topological polar surface area (TPSA) is 64.6 Å². The normalized spacial score (nSPS) is 17.6. The van der Waals surface area contributed by atoms with Gasteiger partial charge in [-0.1, -0.05) is 15.9 Å². The van der Waals surface area contributed by atoms with E-state index in [-0.39, 0.29) is 6.04 Å². The van der Waals surface area contributed by atoms with Gasteiger partial charge < -0.3 is 14.8 Å². The molecule has 1 N–H and O–H groups in total. The Morgan fingerprint density at radius 2 is 1.80 bits per heavy atom. The Hall–Kier alpha value is -0.790. The van der Waals surface area contributed by atoms with E-state index in [1.54, 1.807) is 14.0 Å². The molecule has 1 heterocycles. The molecular formula is C13H18BrNO4S. The summed E-state index contributed by atoms with van der Waals surface area (Å²) in [5.74, 6) is 1.32. The predicted molar refractivity (Wildman–Crippen MR) is 81.2 cm³/mol. The molecule has 7 heteroatoms. The molecular weight excluding hydrogens is 346 g/mol. The molecule has 1 aromatic carbocycles. The number of sulfone groups is 1. The van der Waals surface area contributed by atoms with E-state index in [9.17, 15) is 8.42 Å². The van der Waals surface area contributed by atoms with Gasteiger partial charge in [0, 0.05) is 16.8 Å². The molecule has 112 valence electrons. The first-order valence-electron chi connectivity index (χ1n) is 6.29. The lowest BCUT2D eigenvalue weighted by atomic mass is 10.0. The highest BCUT2D eigenvalue weighted by Gasteiger charge is 2.29. The summed E-state index contributed by atoms with van der Waals surface area (Å²) in [7, 11) is -1.41. The van der Waals surface area contributed by atoms with Crippen LogP contribution in [0.4, 0.5) is 0 Å². The summed E-state index contributed by atoms with van der Waals surface area (Å²) < 4.78 is 35.5. The van der Waals surface area contributed by atoms with Crippen molar-refractivity contribution in [3.8, 4) is 11.5 Å². The quantitative estimate of drug-likeness (QED) is 0.884. The van der Waals surface area contributed by atoms with E-state index < -0.39 is 15.1 Å². The maximum absolute atomic E-state index is 11.8. The zero-order valence-electron chi connectivity index (χ0n) is 11.6. The van der Waals surface area contributed by atoms with Crippen LogP contribution in [0.3, 0.4) is 0 Å². The Morgan fingerprint density at radius 3 is 2.30 bits per heavy atom. The Morgan fingerprint density at radius 1 is 1.25 bits per heavy atom. The number of ether oxygens (including phenoxy) is 2. The monoisotopic (exact) mass is 363 g/mol. The summed E-state index contributed by atoms with van der Waals surface area (Å²) in [4.78, 5) is 0. The molecule has 0 aromatic heterocycles. The second-order valence-electron chi connectivity index (χ2n) is 4.82. The second kappa shape index (κ2) is 5.91. The fourth-order valence-corrected chi connectivity index (χ4v) is 3.55. The summed E-state index contributed by atoms with van der Waals surface area (Å²) in [6, 6.07) is 3.33. The van der Waals surface area contributed by atoms with Crippen molar-refractivity contribution >= 4 is 25.8 Å². The van der Waals surface area contributed by atoms with Gasteiger partial charge in [-0.25, -0.2) is 8.42 Å². The summed E-state index contributed by atoms with van der Waals surface area (Å²) in [5.41, 5.74) is 0.842. The van der Waals surface area contributed by atoms with E-state index in [4.69, 9.17) is 9.47 Å². The van der Waals surface area contributed by atoms with Crippen LogP contribution in [-0.4, -0.2) is 40.2 Å². The molecule has 1 aliphatic heterocycles. The van der Waals surface area contributed by atoms with Gasteiger partial charge in [0.2, 0.25) is 0 Å². The van der Waals surface area contributed by atoms with Crippen molar-refractivity contribution in [3.05, 3.63) is 22.2 Å². The maximum Gasteiger partial charge on any atom is 0.162 e. The summed E-state index contributed by atoms with van der Waals surface area (Å²) in [5, 5.41) is 2.52. The molecule has 0 fully saturated rings. The molecule has 2 rings (SSSR count). The molecule has 0 spiro atoms. The van der Waals surface area contributed by atoms with Crippen LogP contribution in [-0.2, 0) is 9.84 Å². The van der Waals surface area contributed by atoms with Gasteiger partial charge in [0.1, 0.15) is 13.2 Å². The van der Waals surface area contributed by atoms with Crippen molar-refractivity contribution in [1.29, 1.82) is 0 Å². The molecule has 2 unspecified atom stereocenters. The van der Waals surface area contributed by atoms with E-state index in [2.05, 4.69) is 21.2 Å². The van der Waals surface area contributed by atoms with Gasteiger partial charge in [-0.15, -0.1) is 0 Å². The lowest BCUT2D eigenvalue weighted by molar-refractivity contribution is 0.171. The van der Waals surface area contributed by atoms with Crippen molar-refractivity contribution in [2.24, 2.45) is 0 Å². The third kappa shape index (κ3) is 3.10. The zero-order chi connectivity index (χ0) is 14.9. The van der Waals surface area contributed by atoms with Gasteiger partial charge in [0.25, 0.3) is 0 Å². The lowest BCUT2D eigenvalue weighted by Gasteiger charge is -2.26. The number of hydrogen-bond acceptors (Lipinski definition) is 5. The standard InChI is InChI=1S/C13H18BrNO4S/c1-8(20(3,16)17)13(15-2)9-6-11-12(7-10(9)14)19-5-4-18-11/h6-8,13,15H,4-5H2,1-3H3. The first kappa shape index (κ1) is 15.6. The van der Waals surface area contributed by atoms with Crippen LogP contribution >= 0.6 is 15.9 Å². The van der Waals surface area contributed by atoms with Crippen LogP contribution in [0.1, 0.15) is 18.5 Å². The lowest BCUT2D eigenvalue weighted by Crippen LogP contribution is -2.33. The molecule has 1 aliphatic rings. The molecule has 0 saturated carbocycles. The number of hydrogen-bond donors (Lipinski definition) is 1. The first-order chi connectivity index (χ1) is 9.34. The average Bonchev–Trinajstić information content (AvgIpc) is 2.39. The Labute approximate surface area is 127 Å². The van der Waals surface area contributed by atoms with Gasteiger partial charge in [0.05, 0.1) is 5.25 Å². The smallest absolute Gasteiger partial charge is 0.162 e. The second-order valence-corrected chi connectivity index (χ2v) is 8.08. The van der Waals surface area contributed by atoms with E-state index in [1.165, 1.54) is 6.26 Å². The molecule has 0 radical (unpaired) electrons. The Balaban J connectivity index is 2.44. The first-order valence-corrected chi connectivity index (χ1v) is 9.04. The highest BCUT2D eigenvalue weighted by Crippen LogP contribution is 2.39. The molecule has 5 nitrogen and oxygen atoms in total. The summed E-state index contributed by atoms with van der Waals surface area (Å²) in [6.07, 6.45) is 1.24. The summed E-state index contributed by atoms with van der Waals surface area (Å²) >= 11 is 3.48. The third-order valence-electron chi connectivity index (χ3n) is 3.45. The number of benzene rings is 1. The molecule has 0 aliphatic carbocycles. The predicted octanol–water partition coefficient (Wildman–Crippen LogP) is 1.91. The van der Waals surface area contributed by atoms with Crippen LogP contribution in [0.5, 0.6) is 11.5 Å². The fourth-order valence-electron chi connectivity index (χ4n) is 2.21. The molecule has 2 atom stereocenters. The minimum absolute atomic E-state index is 0.324. The maximum atomic E-state index is 11.8. The van der Waals surface area contributed by atoms with Gasteiger partial charge in [0.15, 0.2) is 21.3 Å². The molecule has 0 bridgehead atoms. The average molecular weight is 364 g/mol. The fraction of sp³-hybridized carbons (Fsp3) is 0.538. The SMILES string of the molecule is CNC(c1cc2c(cc1Br)OCCO2)C(C)S(C)(=O)=O. The Kier molecular flexibility index (Phi) is 4.61. The van der Waals surface area contributed by atoms with Crippen LogP contribution in [0.2, 0.25) is 0 Å². The third-order valence-corrected chi connectivity index (χ3v) is 5.76. The minimum atomic E-state index is -3.16. The Bertz CT molecular complexity index is 603. The highest BCUT2D eigenvalue weighted by atomic mass is 79.9. The molecule has 0 amide bonds. The molecule has 20 heavy (non-hydrogen) atoms. The van der Waals surface area contributed by atoms with E-state index in [0.29, 0.717) is 24.7 Å². The summed E-state index contributed by atoms with van der Waals surface area (Å²) in [6.45, 7) is 2.72. The van der Waals surface area contributed by atoms with Gasteiger partial charge in [-0.2, -0.15) is 0 Å². The van der Waals surface area contributed by atoms with Gasteiger partial charge in [-0.3, -0.25) is 0 Å². The van der Waals surface area contributed by atoms with Crippen molar-refractivity contribution in [3.63, 3.8) is 0 Å². The number of fused-ring (bicyclic) bond motifs is 1. The number of rotatable bonds is 4. The van der Waals surface area contributed by atoms with Crippen molar-refractivity contribution < 1.29 is 17.9 Å². The van der Waals surface area contributed by atoms with E-state index in [0.717, 1.165) is 10.0 Å². The van der Waals surface area contributed by atoms with Crippen LogP contribution in [0, 0.1) is 0 Å². The van der Waals surface area contributed by atoms with Crippen LogP contribution in [0.25, 0.3) is 0 Å². The van der Waals surface area contributed by atoms with Crippen molar-refractivity contribution in [2.45, 2.75) is 18.2 Å².